The molecule has 19 heavy (non-hydrogen) atoms. The Morgan fingerprint density at radius 3 is 1.95 bits per heavy atom. The molecular formula is C15H16N4. The molecular weight excluding hydrogens is 236 g/mol. The second-order valence-corrected chi connectivity index (χ2v) is 4.21. The molecule has 0 amide bonds. The summed E-state index contributed by atoms with van der Waals surface area (Å²) in [5, 5.41) is 7.91. The Hall–Kier alpha value is -2.62. The van der Waals surface area contributed by atoms with Crippen LogP contribution in [0, 0.1) is 6.92 Å². The van der Waals surface area contributed by atoms with E-state index in [2.05, 4.69) is 10.2 Å². The average molecular weight is 252 g/mol. The van der Waals surface area contributed by atoms with Crippen LogP contribution in [0.5, 0.6) is 0 Å². The van der Waals surface area contributed by atoms with Crippen LogP contribution in [0.25, 0.3) is 0 Å². The minimum Gasteiger partial charge on any atom is -0.369 e. The third kappa shape index (κ3) is 3.42. The van der Waals surface area contributed by atoms with Crippen molar-refractivity contribution in [1.82, 2.24) is 0 Å². The molecule has 0 aromatic heterocycles. The van der Waals surface area contributed by atoms with Gasteiger partial charge in [0, 0.05) is 11.1 Å². The molecule has 0 bridgehead atoms. The number of nitrogens with two attached hydrogens (primary N) is 2. The molecule has 96 valence electrons. The van der Waals surface area contributed by atoms with E-state index in [9.17, 15) is 0 Å². The maximum atomic E-state index is 5.34. The number of nitrogens with zero attached hydrogens (tertiary/aromatic N) is 2. The highest BCUT2D eigenvalue weighted by molar-refractivity contribution is 6.13. The fourth-order valence-electron chi connectivity index (χ4n) is 1.70. The Labute approximate surface area is 112 Å². The molecule has 0 radical (unpaired) electrons. The van der Waals surface area contributed by atoms with E-state index >= 15 is 0 Å². The smallest absolute Gasteiger partial charge is 0.211 e. The maximum absolute atomic E-state index is 5.34. The molecule has 0 saturated carbocycles. The summed E-state index contributed by atoms with van der Waals surface area (Å²) in [6.07, 6.45) is 0. The molecule has 0 aliphatic rings. The van der Waals surface area contributed by atoms with Crippen LogP contribution in [0.3, 0.4) is 0 Å². The van der Waals surface area contributed by atoms with Gasteiger partial charge in [0.15, 0.2) is 0 Å². The number of rotatable bonds is 3. The fourth-order valence-corrected chi connectivity index (χ4v) is 1.70. The first-order valence-electron chi connectivity index (χ1n) is 5.96. The quantitative estimate of drug-likeness (QED) is 0.498. The van der Waals surface area contributed by atoms with Gasteiger partial charge in [-0.05, 0) is 6.92 Å². The van der Waals surface area contributed by atoms with Crippen LogP contribution in [0.1, 0.15) is 16.7 Å². The first-order valence-corrected chi connectivity index (χ1v) is 5.96. The molecule has 2 aromatic carbocycles. The second kappa shape index (κ2) is 5.82. The Kier molecular flexibility index (Phi) is 3.93. The van der Waals surface area contributed by atoms with Gasteiger partial charge < -0.3 is 11.5 Å². The van der Waals surface area contributed by atoms with E-state index < -0.39 is 0 Å². The molecule has 0 saturated heterocycles. The molecule has 0 heterocycles. The Balaban J connectivity index is 2.49. The van der Waals surface area contributed by atoms with Crippen molar-refractivity contribution in [2.45, 2.75) is 6.92 Å². The van der Waals surface area contributed by atoms with Gasteiger partial charge in [-0.15, -0.1) is 10.2 Å². The third-order valence-corrected chi connectivity index (χ3v) is 2.64. The second-order valence-electron chi connectivity index (χ2n) is 4.21. The monoisotopic (exact) mass is 252 g/mol. The predicted molar refractivity (Wildman–Crippen MR) is 79.1 cm³/mol. The number of hydrogen-bond acceptors (Lipinski definition) is 2. The summed E-state index contributed by atoms with van der Waals surface area (Å²) in [4.78, 5) is 0. The minimum atomic E-state index is -0.0551. The third-order valence-electron chi connectivity index (χ3n) is 2.64. The summed E-state index contributed by atoms with van der Waals surface area (Å²) in [5.41, 5.74) is 14.6. The van der Waals surface area contributed by atoms with E-state index in [4.69, 9.17) is 11.5 Å². The zero-order valence-corrected chi connectivity index (χ0v) is 10.7. The predicted octanol–water partition coefficient (Wildman–Crippen LogP) is 2.02. The summed E-state index contributed by atoms with van der Waals surface area (Å²) in [7, 11) is 0. The SMILES string of the molecule is Cc1ccc(C(=NN=C(N)N)c2ccccc2)cc1. The minimum absolute atomic E-state index is 0.0551. The van der Waals surface area contributed by atoms with Gasteiger partial charge >= 0.3 is 0 Å². The van der Waals surface area contributed by atoms with Crippen molar-refractivity contribution in [3.8, 4) is 0 Å². The molecule has 0 fully saturated rings. The number of aryl methyl sites for hydroxylation is 1. The van der Waals surface area contributed by atoms with Crippen LogP contribution >= 0.6 is 0 Å². The van der Waals surface area contributed by atoms with E-state index in [-0.39, 0.29) is 5.96 Å². The molecule has 0 spiro atoms. The van der Waals surface area contributed by atoms with Gasteiger partial charge in [-0.1, -0.05) is 60.2 Å². The van der Waals surface area contributed by atoms with E-state index in [0.717, 1.165) is 16.8 Å². The van der Waals surface area contributed by atoms with Gasteiger partial charge in [-0.3, -0.25) is 0 Å². The first-order chi connectivity index (χ1) is 9.16. The lowest BCUT2D eigenvalue weighted by Gasteiger charge is -2.06. The van der Waals surface area contributed by atoms with Crippen LogP contribution < -0.4 is 11.5 Å². The molecule has 0 unspecified atom stereocenters. The number of hydrogen-bond donors (Lipinski definition) is 2. The zero-order chi connectivity index (χ0) is 13.7. The van der Waals surface area contributed by atoms with Crippen LogP contribution in [-0.4, -0.2) is 11.7 Å². The lowest BCUT2D eigenvalue weighted by molar-refractivity contribution is 1.20. The standard InChI is InChI=1S/C15H16N4/c1-11-7-9-13(10-8-11)14(18-19-15(16)17)12-5-3-2-4-6-12/h2-10H,1H3,(H4,16,17,19). The molecule has 0 aliphatic carbocycles. The van der Waals surface area contributed by atoms with Crippen LogP contribution in [0.4, 0.5) is 0 Å². The van der Waals surface area contributed by atoms with Crippen molar-refractivity contribution in [3.63, 3.8) is 0 Å². The van der Waals surface area contributed by atoms with Gasteiger partial charge in [0.25, 0.3) is 0 Å². The van der Waals surface area contributed by atoms with Crippen molar-refractivity contribution < 1.29 is 0 Å². The van der Waals surface area contributed by atoms with Crippen molar-refractivity contribution >= 4 is 11.7 Å². The van der Waals surface area contributed by atoms with Gasteiger partial charge in [0.2, 0.25) is 5.96 Å². The lowest BCUT2D eigenvalue weighted by Crippen LogP contribution is -2.22. The van der Waals surface area contributed by atoms with Crippen molar-refractivity contribution in [2.24, 2.45) is 21.7 Å². The van der Waals surface area contributed by atoms with Gasteiger partial charge in [-0.2, -0.15) is 0 Å². The lowest BCUT2D eigenvalue weighted by atomic mass is 10.0. The summed E-state index contributed by atoms with van der Waals surface area (Å²) in [5.74, 6) is -0.0551. The zero-order valence-electron chi connectivity index (χ0n) is 10.7. The van der Waals surface area contributed by atoms with Gasteiger partial charge in [0.1, 0.15) is 5.71 Å². The molecule has 2 rings (SSSR count). The molecule has 4 heteroatoms. The van der Waals surface area contributed by atoms with Crippen LogP contribution in [0.2, 0.25) is 0 Å². The van der Waals surface area contributed by atoms with E-state index in [1.54, 1.807) is 0 Å². The van der Waals surface area contributed by atoms with E-state index in [1.165, 1.54) is 5.56 Å². The molecule has 2 aromatic rings. The topological polar surface area (TPSA) is 76.8 Å². The Morgan fingerprint density at radius 2 is 1.37 bits per heavy atom. The number of guanidine groups is 1. The summed E-state index contributed by atoms with van der Waals surface area (Å²) in [6, 6.07) is 17.9. The van der Waals surface area contributed by atoms with Crippen LogP contribution in [0.15, 0.2) is 64.8 Å². The summed E-state index contributed by atoms with van der Waals surface area (Å²) < 4.78 is 0. The van der Waals surface area contributed by atoms with Crippen molar-refractivity contribution in [3.05, 3.63) is 71.3 Å². The molecule has 4 N–H and O–H groups in total. The molecule has 4 nitrogen and oxygen atoms in total. The van der Waals surface area contributed by atoms with Crippen molar-refractivity contribution in [1.29, 1.82) is 0 Å². The largest absolute Gasteiger partial charge is 0.369 e. The molecule has 0 aliphatic heterocycles. The van der Waals surface area contributed by atoms with Crippen molar-refractivity contribution in [2.75, 3.05) is 0 Å². The van der Waals surface area contributed by atoms with E-state index in [0.29, 0.717) is 0 Å². The average Bonchev–Trinajstić information content (AvgIpc) is 2.42. The highest BCUT2D eigenvalue weighted by atomic mass is 15.3. The van der Waals surface area contributed by atoms with Crippen LogP contribution in [-0.2, 0) is 0 Å². The van der Waals surface area contributed by atoms with Gasteiger partial charge in [-0.25, -0.2) is 0 Å². The highest BCUT2D eigenvalue weighted by Gasteiger charge is 2.06. The molecule has 0 atom stereocenters. The highest BCUT2D eigenvalue weighted by Crippen LogP contribution is 2.12. The Bertz CT molecular complexity index is 594. The van der Waals surface area contributed by atoms with E-state index in [1.807, 2.05) is 61.5 Å². The summed E-state index contributed by atoms with van der Waals surface area (Å²) >= 11 is 0. The Morgan fingerprint density at radius 1 is 0.789 bits per heavy atom. The van der Waals surface area contributed by atoms with Gasteiger partial charge in [0.05, 0.1) is 0 Å². The normalized spacial score (nSPS) is 11.1. The first kappa shape index (κ1) is 12.8. The fraction of sp³-hybridized carbons (Fsp3) is 0.0667. The maximum Gasteiger partial charge on any atom is 0.211 e. The number of benzene rings is 2. The summed E-state index contributed by atoms with van der Waals surface area (Å²) in [6.45, 7) is 2.04.